The molecule has 0 radical (unpaired) electrons. The minimum absolute atomic E-state index is 0.189. The molecule has 1 aromatic heterocycles. The lowest BCUT2D eigenvalue weighted by atomic mass is 9.77. The zero-order valence-corrected chi connectivity index (χ0v) is 11.1. The van der Waals surface area contributed by atoms with E-state index in [9.17, 15) is 5.11 Å². The Morgan fingerprint density at radius 2 is 2.29 bits per heavy atom. The molecule has 1 aliphatic rings. The van der Waals surface area contributed by atoms with Crippen molar-refractivity contribution in [3.8, 4) is 5.75 Å². The molecule has 2 unspecified atom stereocenters. The molecule has 1 saturated carbocycles. The van der Waals surface area contributed by atoms with Crippen LogP contribution in [0, 0.1) is 11.3 Å². The van der Waals surface area contributed by atoms with Crippen molar-refractivity contribution in [3.05, 3.63) is 11.9 Å². The maximum absolute atomic E-state index is 10.6. The zero-order chi connectivity index (χ0) is 12.6. The number of aliphatic hydroxyl groups excluding tert-OH is 1. The number of rotatable bonds is 3. The molecule has 1 aliphatic carbocycles. The van der Waals surface area contributed by atoms with Crippen LogP contribution < -0.4 is 4.74 Å². The van der Waals surface area contributed by atoms with Gasteiger partial charge in [-0.1, -0.05) is 20.3 Å². The molecular formula is C13H22N2O2. The summed E-state index contributed by atoms with van der Waals surface area (Å²) in [5, 5.41) is 14.8. The predicted molar refractivity (Wildman–Crippen MR) is 65.8 cm³/mol. The molecule has 1 N–H and O–H groups in total. The maximum atomic E-state index is 10.6. The summed E-state index contributed by atoms with van der Waals surface area (Å²) < 4.78 is 6.99. The Bertz CT molecular complexity index is 398. The first-order valence-corrected chi connectivity index (χ1v) is 6.21. The van der Waals surface area contributed by atoms with Gasteiger partial charge in [-0.3, -0.25) is 4.68 Å². The predicted octanol–water partition coefficient (Wildman–Crippen LogP) is 2.29. The molecule has 4 heteroatoms. The number of ether oxygens (including phenoxy) is 1. The van der Waals surface area contributed by atoms with Crippen LogP contribution in [0.15, 0.2) is 6.20 Å². The second kappa shape index (κ2) is 4.33. The van der Waals surface area contributed by atoms with Gasteiger partial charge in [0.05, 0.1) is 13.3 Å². The standard InChI is InChI=1S/C13H22N2O2/c1-13(2)7-5-6-9(13)12(16)11-10(17-4)8-14-15(11)3/h8-9,12,16H,5-7H2,1-4H3. The van der Waals surface area contributed by atoms with Gasteiger partial charge in [0.15, 0.2) is 5.75 Å². The van der Waals surface area contributed by atoms with E-state index in [1.165, 1.54) is 12.8 Å². The average molecular weight is 238 g/mol. The lowest BCUT2D eigenvalue weighted by Gasteiger charge is -2.31. The Hall–Kier alpha value is -1.03. The van der Waals surface area contributed by atoms with Crippen LogP contribution in [0.2, 0.25) is 0 Å². The summed E-state index contributed by atoms with van der Waals surface area (Å²) in [5.41, 5.74) is 0.988. The van der Waals surface area contributed by atoms with E-state index in [-0.39, 0.29) is 11.3 Å². The molecule has 4 nitrogen and oxygen atoms in total. The summed E-state index contributed by atoms with van der Waals surface area (Å²) in [7, 11) is 3.47. The van der Waals surface area contributed by atoms with Crippen LogP contribution in [0.25, 0.3) is 0 Å². The molecule has 0 aliphatic heterocycles. The Labute approximate surface area is 103 Å². The van der Waals surface area contributed by atoms with Crippen LogP contribution in [-0.4, -0.2) is 22.0 Å². The van der Waals surface area contributed by atoms with Crippen molar-refractivity contribution < 1.29 is 9.84 Å². The molecule has 17 heavy (non-hydrogen) atoms. The molecule has 96 valence electrons. The minimum Gasteiger partial charge on any atom is -0.493 e. The molecule has 0 saturated heterocycles. The van der Waals surface area contributed by atoms with Gasteiger partial charge >= 0.3 is 0 Å². The van der Waals surface area contributed by atoms with Gasteiger partial charge < -0.3 is 9.84 Å². The Kier molecular flexibility index (Phi) is 3.17. The summed E-state index contributed by atoms with van der Waals surface area (Å²) >= 11 is 0. The van der Waals surface area contributed by atoms with Gasteiger partial charge in [-0.15, -0.1) is 0 Å². The molecule has 0 bridgehead atoms. The molecule has 0 spiro atoms. The van der Waals surface area contributed by atoms with Gasteiger partial charge in [-0.05, 0) is 24.2 Å². The van der Waals surface area contributed by atoms with Crippen molar-refractivity contribution in [2.45, 2.75) is 39.2 Å². The van der Waals surface area contributed by atoms with Crippen LogP contribution in [0.3, 0.4) is 0 Å². The smallest absolute Gasteiger partial charge is 0.162 e. The highest BCUT2D eigenvalue weighted by molar-refractivity contribution is 5.28. The number of hydrogen-bond donors (Lipinski definition) is 1. The first-order chi connectivity index (χ1) is 7.97. The molecular weight excluding hydrogens is 216 g/mol. The van der Waals surface area contributed by atoms with E-state index in [0.29, 0.717) is 5.75 Å². The number of methoxy groups -OCH3 is 1. The van der Waals surface area contributed by atoms with Gasteiger partial charge in [0.1, 0.15) is 11.8 Å². The molecule has 0 amide bonds. The molecule has 2 rings (SSSR count). The number of nitrogens with zero attached hydrogens (tertiary/aromatic N) is 2. The number of aryl methyl sites for hydroxylation is 1. The summed E-state index contributed by atoms with van der Waals surface area (Å²) in [6.45, 7) is 4.47. The molecule has 2 atom stereocenters. The lowest BCUT2D eigenvalue weighted by molar-refractivity contribution is 0.0452. The highest BCUT2D eigenvalue weighted by Gasteiger charge is 2.41. The van der Waals surface area contributed by atoms with Gasteiger partial charge in [0, 0.05) is 7.05 Å². The minimum atomic E-state index is -0.491. The fraction of sp³-hybridized carbons (Fsp3) is 0.769. The Morgan fingerprint density at radius 1 is 1.59 bits per heavy atom. The Morgan fingerprint density at radius 3 is 2.82 bits per heavy atom. The molecule has 1 fully saturated rings. The monoisotopic (exact) mass is 238 g/mol. The molecule has 1 heterocycles. The van der Waals surface area contributed by atoms with E-state index in [0.717, 1.165) is 12.1 Å². The third-order valence-electron chi connectivity index (χ3n) is 4.17. The van der Waals surface area contributed by atoms with E-state index in [1.807, 2.05) is 7.05 Å². The van der Waals surface area contributed by atoms with Crippen LogP contribution >= 0.6 is 0 Å². The first-order valence-electron chi connectivity index (χ1n) is 6.21. The lowest BCUT2D eigenvalue weighted by Crippen LogP contribution is -2.25. The largest absolute Gasteiger partial charge is 0.493 e. The fourth-order valence-electron chi connectivity index (χ4n) is 3.05. The van der Waals surface area contributed by atoms with Gasteiger partial charge in [-0.25, -0.2) is 0 Å². The van der Waals surface area contributed by atoms with Crippen LogP contribution in [0.1, 0.15) is 44.9 Å². The van der Waals surface area contributed by atoms with Crippen molar-refractivity contribution in [3.63, 3.8) is 0 Å². The summed E-state index contributed by atoms with van der Waals surface area (Å²) in [4.78, 5) is 0. The van der Waals surface area contributed by atoms with E-state index >= 15 is 0 Å². The molecule has 1 aromatic rings. The quantitative estimate of drug-likeness (QED) is 0.879. The normalized spacial score (nSPS) is 24.9. The average Bonchev–Trinajstić information content (AvgIpc) is 2.80. The van der Waals surface area contributed by atoms with Crippen molar-refractivity contribution in [1.29, 1.82) is 0 Å². The van der Waals surface area contributed by atoms with E-state index < -0.39 is 6.10 Å². The zero-order valence-electron chi connectivity index (χ0n) is 11.1. The van der Waals surface area contributed by atoms with Crippen LogP contribution in [-0.2, 0) is 7.05 Å². The first kappa shape index (κ1) is 12.4. The van der Waals surface area contributed by atoms with E-state index in [1.54, 1.807) is 18.0 Å². The highest BCUT2D eigenvalue weighted by Crippen LogP contribution is 2.49. The SMILES string of the molecule is COc1cnn(C)c1C(O)C1CCCC1(C)C. The third-order valence-corrected chi connectivity index (χ3v) is 4.17. The highest BCUT2D eigenvalue weighted by atomic mass is 16.5. The summed E-state index contributed by atoms with van der Waals surface area (Å²) in [6, 6.07) is 0. The van der Waals surface area contributed by atoms with Crippen LogP contribution in [0.5, 0.6) is 5.75 Å². The fourth-order valence-corrected chi connectivity index (χ4v) is 3.05. The second-order valence-electron chi connectivity index (χ2n) is 5.65. The molecule has 0 aromatic carbocycles. The van der Waals surface area contributed by atoms with E-state index in [2.05, 4.69) is 18.9 Å². The number of aliphatic hydroxyl groups is 1. The Balaban J connectivity index is 2.30. The number of hydrogen-bond acceptors (Lipinski definition) is 3. The summed E-state index contributed by atoms with van der Waals surface area (Å²) in [6.07, 6.45) is 4.61. The number of aromatic nitrogens is 2. The van der Waals surface area contributed by atoms with Crippen molar-refractivity contribution in [2.75, 3.05) is 7.11 Å². The summed E-state index contributed by atoms with van der Waals surface area (Å²) in [5.74, 6) is 0.967. The topological polar surface area (TPSA) is 47.3 Å². The van der Waals surface area contributed by atoms with Gasteiger partial charge in [0.25, 0.3) is 0 Å². The third kappa shape index (κ3) is 2.06. The van der Waals surface area contributed by atoms with Crippen LogP contribution in [0.4, 0.5) is 0 Å². The van der Waals surface area contributed by atoms with Crippen molar-refractivity contribution >= 4 is 0 Å². The van der Waals surface area contributed by atoms with Gasteiger partial charge in [0.2, 0.25) is 0 Å². The van der Waals surface area contributed by atoms with Crippen molar-refractivity contribution in [2.24, 2.45) is 18.4 Å². The maximum Gasteiger partial charge on any atom is 0.162 e. The van der Waals surface area contributed by atoms with E-state index in [4.69, 9.17) is 4.74 Å². The van der Waals surface area contributed by atoms with Gasteiger partial charge in [-0.2, -0.15) is 5.10 Å². The van der Waals surface area contributed by atoms with Crippen molar-refractivity contribution in [1.82, 2.24) is 9.78 Å². The second-order valence-corrected chi connectivity index (χ2v) is 5.65.